The second-order valence-electron chi connectivity index (χ2n) is 6.60. The molecule has 0 saturated heterocycles. The van der Waals surface area contributed by atoms with Crippen LogP contribution >= 0.6 is 0 Å². The number of benzene rings is 2. The van der Waals surface area contributed by atoms with E-state index in [1.807, 2.05) is 56.3 Å². The fourth-order valence-electron chi connectivity index (χ4n) is 2.52. The Kier molecular flexibility index (Phi) is 7.37. The lowest BCUT2D eigenvalue weighted by Crippen LogP contribution is -2.37. The molecule has 0 heterocycles. The molecule has 2 rings (SSSR count). The zero-order valence-electron chi connectivity index (χ0n) is 16.2. The monoisotopic (exact) mass is 369 g/mol. The van der Waals surface area contributed by atoms with Crippen LogP contribution in [0.25, 0.3) is 0 Å². The highest BCUT2D eigenvalue weighted by atomic mass is 16.5. The van der Waals surface area contributed by atoms with E-state index in [9.17, 15) is 9.59 Å². The predicted molar refractivity (Wildman–Crippen MR) is 108 cm³/mol. The van der Waals surface area contributed by atoms with Crippen LogP contribution in [0.2, 0.25) is 0 Å². The van der Waals surface area contributed by atoms with Crippen LogP contribution in [0.15, 0.2) is 54.6 Å². The first-order chi connectivity index (χ1) is 12.9. The minimum atomic E-state index is -0.546. The number of methoxy groups -OCH3 is 1. The summed E-state index contributed by atoms with van der Waals surface area (Å²) in [6, 6.07) is 16.3. The molecular formula is C21H27N3O3. The summed E-state index contributed by atoms with van der Waals surface area (Å²) in [6.45, 7) is 5.53. The molecule has 144 valence electrons. The lowest BCUT2D eigenvalue weighted by Gasteiger charge is -2.22. The van der Waals surface area contributed by atoms with Gasteiger partial charge in [-0.3, -0.25) is 9.59 Å². The molecule has 0 spiro atoms. The van der Waals surface area contributed by atoms with E-state index in [0.29, 0.717) is 5.69 Å². The Labute approximate surface area is 160 Å². The number of amides is 2. The highest BCUT2D eigenvalue weighted by Gasteiger charge is 2.21. The first-order valence-electron chi connectivity index (χ1n) is 8.96. The van der Waals surface area contributed by atoms with Crippen LogP contribution in [0.1, 0.15) is 32.4 Å². The SMILES string of the molecule is CO[C@@H](C)C(=O)Nc1cccc(N[C@H](C(=O)NC(C)C)c2ccccc2)c1. The molecule has 6 nitrogen and oxygen atoms in total. The van der Waals surface area contributed by atoms with Gasteiger partial charge in [0.25, 0.3) is 5.91 Å². The van der Waals surface area contributed by atoms with Crippen LogP contribution in [-0.4, -0.2) is 31.1 Å². The highest BCUT2D eigenvalue weighted by Crippen LogP contribution is 2.23. The standard InChI is InChI=1S/C21H27N3O3/c1-14(2)22-21(26)19(16-9-6-5-7-10-16)23-17-11-8-12-18(13-17)24-20(25)15(3)27-4/h5-15,19,23H,1-4H3,(H,22,26)(H,24,25)/t15-,19-/m0/s1. The van der Waals surface area contributed by atoms with Crippen molar-refractivity contribution >= 4 is 23.2 Å². The number of hydrogen-bond acceptors (Lipinski definition) is 4. The fraction of sp³-hybridized carbons (Fsp3) is 0.333. The van der Waals surface area contributed by atoms with Crippen LogP contribution in [0.3, 0.4) is 0 Å². The Morgan fingerprint density at radius 3 is 2.19 bits per heavy atom. The van der Waals surface area contributed by atoms with Gasteiger partial charge in [0.15, 0.2) is 0 Å². The molecule has 0 aliphatic rings. The van der Waals surface area contributed by atoms with Gasteiger partial charge in [0.1, 0.15) is 12.1 Å². The maximum atomic E-state index is 12.7. The van der Waals surface area contributed by atoms with E-state index in [1.54, 1.807) is 19.1 Å². The van der Waals surface area contributed by atoms with Crippen molar-refractivity contribution in [2.24, 2.45) is 0 Å². The number of anilines is 2. The van der Waals surface area contributed by atoms with Gasteiger partial charge in [-0.25, -0.2) is 0 Å². The molecule has 0 aliphatic carbocycles. The molecule has 2 atom stereocenters. The van der Waals surface area contributed by atoms with Crippen molar-refractivity contribution in [1.29, 1.82) is 0 Å². The molecule has 0 aromatic heterocycles. The summed E-state index contributed by atoms with van der Waals surface area (Å²) in [5.74, 6) is -0.342. The highest BCUT2D eigenvalue weighted by molar-refractivity contribution is 5.94. The van der Waals surface area contributed by atoms with Gasteiger partial charge < -0.3 is 20.7 Å². The van der Waals surface area contributed by atoms with Gasteiger partial charge in [0.2, 0.25) is 5.91 Å². The number of carbonyl (C=O) groups excluding carboxylic acids is 2. The third-order valence-electron chi connectivity index (χ3n) is 3.99. The maximum absolute atomic E-state index is 12.7. The third-order valence-corrected chi connectivity index (χ3v) is 3.99. The molecule has 27 heavy (non-hydrogen) atoms. The summed E-state index contributed by atoms with van der Waals surface area (Å²) >= 11 is 0. The van der Waals surface area contributed by atoms with Crippen LogP contribution < -0.4 is 16.0 Å². The van der Waals surface area contributed by atoms with Gasteiger partial charge in [-0.1, -0.05) is 36.4 Å². The second kappa shape index (κ2) is 9.73. The minimum Gasteiger partial charge on any atom is -0.372 e. The quantitative estimate of drug-likeness (QED) is 0.667. The third kappa shape index (κ3) is 6.11. The van der Waals surface area contributed by atoms with Crippen molar-refractivity contribution in [3.05, 3.63) is 60.2 Å². The smallest absolute Gasteiger partial charge is 0.253 e. The van der Waals surface area contributed by atoms with Crippen molar-refractivity contribution < 1.29 is 14.3 Å². The largest absolute Gasteiger partial charge is 0.372 e. The minimum absolute atomic E-state index is 0.0340. The average Bonchev–Trinajstić information content (AvgIpc) is 2.65. The van der Waals surface area contributed by atoms with Crippen molar-refractivity contribution in [2.75, 3.05) is 17.7 Å². The van der Waals surface area contributed by atoms with Gasteiger partial charge in [0.05, 0.1) is 0 Å². The van der Waals surface area contributed by atoms with E-state index in [2.05, 4.69) is 16.0 Å². The van der Waals surface area contributed by atoms with Gasteiger partial charge in [-0.2, -0.15) is 0 Å². The summed E-state index contributed by atoms with van der Waals surface area (Å²) in [4.78, 5) is 24.7. The normalized spacial score (nSPS) is 12.9. The van der Waals surface area contributed by atoms with E-state index in [0.717, 1.165) is 11.3 Å². The molecule has 2 aromatic rings. The predicted octanol–water partition coefficient (Wildman–Crippen LogP) is 3.34. The van der Waals surface area contributed by atoms with E-state index >= 15 is 0 Å². The first kappa shape index (κ1) is 20.5. The van der Waals surface area contributed by atoms with Crippen LogP contribution in [0, 0.1) is 0 Å². The van der Waals surface area contributed by atoms with Crippen molar-refractivity contribution in [3.63, 3.8) is 0 Å². The van der Waals surface area contributed by atoms with Crippen LogP contribution in [-0.2, 0) is 14.3 Å². The first-order valence-corrected chi connectivity index (χ1v) is 8.96. The number of rotatable bonds is 8. The van der Waals surface area contributed by atoms with E-state index in [4.69, 9.17) is 4.74 Å². The number of hydrogen-bond donors (Lipinski definition) is 3. The Hall–Kier alpha value is -2.86. The van der Waals surface area contributed by atoms with E-state index in [1.165, 1.54) is 7.11 Å². The van der Waals surface area contributed by atoms with E-state index < -0.39 is 12.1 Å². The Morgan fingerprint density at radius 1 is 0.889 bits per heavy atom. The zero-order valence-corrected chi connectivity index (χ0v) is 16.2. The molecular weight excluding hydrogens is 342 g/mol. The number of nitrogens with one attached hydrogen (secondary N) is 3. The zero-order chi connectivity index (χ0) is 19.8. The maximum Gasteiger partial charge on any atom is 0.253 e. The van der Waals surface area contributed by atoms with Gasteiger partial charge in [-0.15, -0.1) is 0 Å². The molecule has 6 heteroatoms. The van der Waals surface area contributed by atoms with E-state index in [-0.39, 0.29) is 17.9 Å². The van der Waals surface area contributed by atoms with Gasteiger partial charge >= 0.3 is 0 Å². The number of ether oxygens (including phenoxy) is 1. The summed E-state index contributed by atoms with van der Waals surface area (Å²) < 4.78 is 5.02. The molecule has 0 radical (unpaired) electrons. The summed E-state index contributed by atoms with van der Waals surface area (Å²) in [5.41, 5.74) is 2.22. The molecule has 0 unspecified atom stereocenters. The number of carbonyl (C=O) groups is 2. The molecule has 0 aliphatic heterocycles. The van der Waals surface area contributed by atoms with Crippen LogP contribution in [0.5, 0.6) is 0 Å². The van der Waals surface area contributed by atoms with Crippen molar-refractivity contribution in [2.45, 2.75) is 39.0 Å². The summed E-state index contributed by atoms with van der Waals surface area (Å²) in [6.07, 6.45) is -0.546. The average molecular weight is 369 g/mol. The molecule has 0 saturated carbocycles. The second-order valence-corrected chi connectivity index (χ2v) is 6.60. The molecule has 2 aromatic carbocycles. The molecule has 3 N–H and O–H groups in total. The van der Waals surface area contributed by atoms with Crippen LogP contribution in [0.4, 0.5) is 11.4 Å². The molecule has 0 fully saturated rings. The Morgan fingerprint density at radius 2 is 1.56 bits per heavy atom. The topological polar surface area (TPSA) is 79.5 Å². The Balaban J connectivity index is 2.21. The van der Waals surface area contributed by atoms with Crippen molar-refractivity contribution in [3.8, 4) is 0 Å². The Bertz CT molecular complexity index is 762. The fourth-order valence-corrected chi connectivity index (χ4v) is 2.52. The lowest BCUT2D eigenvalue weighted by atomic mass is 10.1. The van der Waals surface area contributed by atoms with Gasteiger partial charge in [0, 0.05) is 24.5 Å². The summed E-state index contributed by atoms with van der Waals surface area (Å²) in [5, 5.41) is 9.01. The van der Waals surface area contributed by atoms with Crippen molar-refractivity contribution in [1.82, 2.24) is 5.32 Å². The lowest BCUT2D eigenvalue weighted by molar-refractivity contribution is -0.124. The molecule has 0 bridgehead atoms. The summed E-state index contributed by atoms with van der Waals surface area (Å²) in [7, 11) is 1.49. The molecule has 2 amide bonds. The van der Waals surface area contributed by atoms with Gasteiger partial charge in [-0.05, 0) is 44.5 Å².